The molecule has 0 unspecified atom stereocenters. The first-order chi connectivity index (χ1) is 13.7. The Bertz CT molecular complexity index is 1130. The van der Waals surface area contributed by atoms with E-state index in [1.54, 1.807) is 31.3 Å². The third-order valence-electron chi connectivity index (χ3n) is 4.79. The van der Waals surface area contributed by atoms with E-state index in [4.69, 9.17) is 0 Å². The first-order valence-corrected chi connectivity index (χ1v) is 10.9. The molecule has 1 N–H and O–H groups in total. The van der Waals surface area contributed by atoms with Gasteiger partial charge >= 0.3 is 0 Å². The first kappa shape index (κ1) is 20.6. The molecule has 7 nitrogen and oxygen atoms in total. The maximum atomic E-state index is 12.5. The van der Waals surface area contributed by atoms with E-state index in [1.165, 1.54) is 11.4 Å². The zero-order valence-corrected chi connectivity index (χ0v) is 17.7. The van der Waals surface area contributed by atoms with E-state index in [0.29, 0.717) is 23.4 Å². The molecule has 0 fully saturated rings. The molecule has 0 bridgehead atoms. The lowest BCUT2D eigenvalue weighted by atomic mass is 10.1. The fourth-order valence-electron chi connectivity index (χ4n) is 3.04. The Kier molecular flexibility index (Phi) is 5.74. The molecule has 1 amide bonds. The Hall–Kier alpha value is -3.13. The van der Waals surface area contributed by atoms with Gasteiger partial charge in [0.15, 0.2) is 0 Å². The maximum absolute atomic E-state index is 12.5. The van der Waals surface area contributed by atoms with Crippen LogP contribution >= 0.6 is 0 Å². The minimum Gasteiger partial charge on any atom is -0.348 e. The van der Waals surface area contributed by atoms with Crippen LogP contribution in [0.15, 0.2) is 54.9 Å². The number of sulfonamides is 1. The molecular weight excluding hydrogens is 388 g/mol. The molecule has 8 heteroatoms. The number of rotatable bonds is 6. The van der Waals surface area contributed by atoms with Crippen LogP contribution in [0.3, 0.4) is 0 Å². The van der Waals surface area contributed by atoms with Crippen molar-refractivity contribution < 1.29 is 13.2 Å². The van der Waals surface area contributed by atoms with Crippen molar-refractivity contribution in [3.05, 3.63) is 77.4 Å². The van der Waals surface area contributed by atoms with Crippen LogP contribution in [0.4, 0.5) is 5.69 Å². The van der Waals surface area contributed by atoms with Gasteiger partial charge in [-0.15, -0.1) is 0 Å². The molecule has 29 heavy (non-hydrogen) atoms. The number of amides is 1. The number of carbonyl (C=O) groups is 1. The number of nitrogens with zero attached hydrogens (tertiary/aromatic N) is 3. The minimum absolute atomic E-state index is 0.212. The van der Waals surface area contributed by atoms with Crippen molar-refractivity contribution in [3.63, 3.8) is 0 Å². The van der Waals surface area contributed by atoms with Crippen molar-refractivity contribution in [1.82, 2.24) is 14.9 Å². The summed E-state index contributed by atoms with van der Waals surface area (Å²) in [6.45, 7) is 4.12. The number of nitrogens with one attached hydrogen (secondary N) is 1. The monoisotopic (exact) mass is 412 g/mol. The molecule has 1 aromatic heterocycles. The van der Waals surface area contributed by atoms with Crippen LogP contribution in [0.1, 0.15) is 27.3 Å². The van der Waals surface area contributed by atoms with Gasteiger partial charge in [-0.1, -0.05) is 12.1 Å². The fraction of sp³-hybridized carbons (Fsp3) is 0.238. The van der Waals surface area contributed by atoms with Gasteiger partial charge in [-0.05, 0) is 55.3 Å². The average Bonchev–Trinajstić information content (AvgIpc) is 3.11. The third kappa shape index (κ3) is 4.65. The molecule has 3 aromatic rings. The van der Waals surface area contributed by atoms with Gasteiger partial charge in [0.25, 0.3) is 5.91 Å². The van der Waals surface area contributed by atoms with Crippen molar-refractivity contribution in [1.29, 1.82) is 0 Å². The highest BCUT2D eigenvalue weighted by molar-refractivity contribution is 7.92. The second kappa shape index (κ2) is 8.08. The van der Waals surface area contributed by atoms with Crippen LogP contribution < -0.4 is 9.62 Å². The lowest BCUT2D eigenvalue weighted by molar-refractivity contribution is 0.0951. The Morgan fingerprint density at radius 3 is 2.38 bits per heavy atom. The van der Waals surface area contributed by atoms with Crippen molar-refractivity contribution in [3.8, 4) is 5.69 Å². The predicted molar refractivity (Wildman–Crippen MR) is 114 cm³/mol. The molecule has 0 saturated carbocycles. The lowest BCUT2D eigenvalue weighted by Crippen LogP contribution is -2.26. The average molecular weight is 413 g/mol. The van der Waals surface area contributed by atoms with E-state index in [1.807, 2.05) is 42.0 Å². The van der Waals surface area contributed by atoms with Crippen LogP contribution in [0.2, 0.25) is 0 Å². The summed E-state index contributed by atoms with van der Waals surface area (Å²) in [4.78, 5) is 16.7. The summed E-state index contributed by atoms with van der Waals surface area (Å²) in [5, 5.41) is 2.90. The Balaban J connectivity index is 1.66. The molecular formula is C21H24N4O3S. The third-order valence-corrected chi connectivity index (χ3v) is 5.98. The van der Waals surface area contributed by atoms with Crippen LogP contribution in [0, 0.1) is 13.8 Å². The number of aromatic nitrogens is 2. The summed E-state index contributed by atoms with van der Waals surface area (Å²) in [7, 11) is -1.86. The summed E-state index contributed by atoms with van der Waals surface area (Å²) < 4.78 is 26.6. The highest BCUT2D eigenvalue weighted by atomic mass is 32.2. The Labute approximate surface area is 171 Å². The SMILES string of the molecule is Cc1cc(C(=O)NCc2ccc(-n3ccnc3C)cc2)ccc1N(C)S(C)(=O)=O. The van der Waals surface area contributed by atoms with E-state index in [0.717, 1.165) is 23.3 Å². The number of aryl methyl sites for hydroxylation is 2. The molecule has 0 aliphatic rings. The van der Waals surface area contributed by atoms with Crippen LogP contribution in [0.25, 0.3) is 5.69 Å². The quantitative estimate of drug-likeness (QED) is 0.675. The Morgan fingerprint density at radius 2 is 1.83 bits per heavy atom. The van der Waals surface area contributed by atoms with Gasteiger partial charge in [0.1, 0.15) is 5.82 Å². The van der Waals surface area contributed by atoms with Crippen LogP contribution in [0.5, 0.6) is 0 Å². The number of carbonyl (C=O) groups excluding carboxylic acids is 1. The first-order valence-electron chi connectivity index (χ1n) is 9.09. The van der Waals surface area contributed by atoms with Crippen molar-refractivity contribution in [2.24, 2.45) is 0 Å². The number of hydrogen-bond donors (Lipinski definition) is 1. The summed E-state index contributed by atoms with van der Waals surface area (Å²) in [6, 6.07) is 12.9. The van der Waals surface area contributed by atoms with Gasteiger partial charge in [-0.2, -0.15) is 0 Å². The normalized spacial score (nSPS) is 11.3. The summed E-state index contributed by atoms with van der Waals surface area (Å²) in [6.07, 6.45) is 4.80. The van der Waals surface area contributed by atoms with Gasteiger partial charge in [-0.25, -0.2) is 13.4 Å². The van der Waals surface area contributed by atoms with E-state index in [9.17, 15) is 13.2 Å². The van der Waals surface area contributed by atoms with Gasteiger partial charge in [0.05, 0.1) is 11.9 Å². The highest BCUT2D eigenvalue weighted by Crippen LogP contribution is 2.22. The van der Waals surface area contributed by atoms with Crippen molar-refractivity contribution >= 4 is 21.6 Å². The van der Waals surface area contributed by atoms with E-state index < -0.39 is 10.0 Å². The van der Waals surface area contributed by atoms with Crippen molar-refractivity contribution in [2.45, 2.75) is 20.4 Å². The Morgan fingerprint density at radius 1 is 1.14 bits per heavy atom. The summed E-state index contributed by atoms with van der Waals surface area (Å²) >= 11 is 0. The topological polar surface area (TPSA) is 84.3 Å². The number of benzene rings is 2. The number of anilines is 1. The lowest BCUT2D eigenvalue weighted by Gasteiger charge is -2.19. The molecule has 152 valence electrons. The summed E-state index contributed by atoms with van der Waals surface area (Å²) in [5.74, 6) is 0.697. The van der Waals surface area contributed by atoms with Crippen molar-refractivity contribution in [2.75, 3.05) is 17.6 Å². The molecule has 3 rings (SSSR count). The number of imidazole rings is 1. The van der Waals surface area contributed by atoms with Crippen LogP contribution in [-0.4, -0.2) is 37.2 Å². The molecule has 0 spiro atoms. The second-order valence-electron chi connectivity index (χ2n) is 6.93. The molecule has 0 aliphatic heterocycles. The number of hydrogen-bond acceptors (Lipinski definition) is 4. The van der Waals surface area contributed by atoms with Gasteiger partial charge in [0.2, 0.25) is 10.0 Å². The molecule has 0 saturated heterocycles. The molecule has 0 radical (unpaired) electrons. The predicted octanol–water partition coefficient (Wildman–Crippen LogP) is 2.81. The maximum Gasteiger partial charge on any atom is 0.251 e. The molecule has 0 atom stereocenters. The van der Waals surface area contributed by atoms with E-state index in [2.05, 4.69) is 10.3 Å². The van der Waals surface area contributed by atoms with Gasteiger partial charge in [-0.3, -0.25) is 9.10 Å². The van der Waals surface area contributed by atoms with E-state index in [-0.39, 0.29) is 5.91 Å². The largest absolute Gasteiger partial charge is 0.348 e. The molecule has 0 aliphatic carbocycles. The molecule has 2 aromatic carbocycles. The smallest absolute Gasteiger partial charge is 0.251 e. The van der Waals surface area contributed by atoms with Gasteiger partial charge in [0, 0.05) is 37.2 Å². The van der Waals surface area contributed by atoms with E-state index >= 15 is 0 Å². The zero-order chi connectivity index (χ0) is 21.2. The van der Waals surface area contributed by atoms with Crippen LogP contribution in [-0.2, 0) is 16.6 Å². The fourth-order valence-corrected chi connectivity index (χ4v) is 3.60. The standard InChI is InChI=1S/C21H24N4O3S/c1-15-13-18(7-10-20(15)24(3)29(4,27)28)21(26)23-14-17-5-8-19(9-6-17)25-12-11-22-16(25)2/h5-13H,14H2,1-4H3,(H,23,26). The second-order valence-corrected chi connectivity index (χ2v) is 8.94. The van der Waals surface area contributed by atoms with Gasteiger partial charge < -0.3 is 9.88 Å². The molecule has 1 heterocycles. The summed E-state index contributed by atoms with van der Waals surface area (Å²) in [5.41, 5.74) is 3.74. The minimum atomic E-state index is -3.35. The zero-order valence-electron chi connectivity index (χ0n) is 16.9. The highest BCUT2D eigenvalue weighted by Gasteiger charge is 2.15.